The molecule has 0 amide bonds. The summed E-state index contributed by atoms with van der Waals surface area (Å²) < 4.78 is 5.50. The molecule has 0 aromatic carbocycles. The molecular weight excluding hydrogens is 238 g/mol. The third kappa shape index (κ3) is 2.38. The number of nitrogens with zero attached hydrogens (tertiary/aromatic N) is 3. The summed E-state index contributed by atoms with van der Waals surface area (Å²) in [7, 11) is 0. The van der Waals surface area contributed by atoms with E-state index < -0.39 is 0 Å². The molecule has 2 heterocycles. The average Bonchev–Trinajstić information content (AvgIpc) is 2.23. The summed E-state index contributed by atoms with van der Waals surface area (Å²) in [6, 6.07) is 0. The fraction of sp³-hybridized carbons (Fsp3) is 0.667. The van der Waals surface area contributed by atoms with Gasteiger partial charge in [0.2, 0.25) is 0 Å². The van der Waals surface area contributed by atoms with Gasteiger partial charge in [0.1, 0.15) is 0 Å². The molecule has 1 aliphatic heterocycles. The number of morpholine rings is 1. The highest BCUT2D eigenvalue weighted by Gasteiger charge is 2.33. The molecule has 0 radical (unpaired) electrons. The Morgan fingerprint density at radius 3 is 2.53 bits per heavy atom. The summed E-state index contributed by atoms with van der Waals surface area (Å²) in [6.45, 7) is 10.3. The van der Waals surface area contributed by atoms with Gasteiger partial charge in [0.05, 0.1) is 30.1 Å². The summed E-state index contributed by atoms with van der Waals surface area (Å²) in [5.74, 6) is 0.767. The van der Waals surface area contributed by atoms with Gasteiger partial charge in [0, 0.05) is 6.54 Å². The third-order valence-electron chi connectivity index (χ3n) is 3.15. The van der Waals surface area contributed by atoms with E-state index in [9.17, 15) is 0 Å². The lowest BCUT2D eigenvalue weighted by molar-refractivity contribution is 0.0638. The first kappa shape index (κ1) is 12.6. The zero-order chi connectivity index (χ0) is 12.6. The van der Waals surface area contributed by atoms with E-state index in [2.05, 4.69) is 28.7 Å². The summed E-state index contributed by atoms with van der Waals surface area (Å²) >= 11 is 6.21. The van der Waals surface area contributed by atoms with Crippen LogP contribution in [0.25, 0.3) is 0 Å². The zero-order valence-electron chi connectivity index (χ0n) is 10.7. The van der Waals surface area contributed by atoms with Gasteiger partial charge >= 0.3 is 0 Å². The molecule has 94 valence electrons. The van der Waals surface area contributed by atoms with Crippen LogP contribution < -0.4 is 4.90 Å². The topological polar surface area (TPSA) is 38.2 Å². The predicted molar refractivity (Wildman–Crippen MR) is 68.8 cm³/mol. The first-order valence-corrected chi connectivity index (χ1v) is 6.16. The molecule has 0 N–H and O–H groups in total. The van der Waals surface area contributed by atoms with Crippen molar-refractivity contribution in [1.29, 1.82) is 0 Å². The zero-order valence-corrected chi connectivity index (χ0v) is 11.5. The maximum atomic E-state index is 6.21. The van der Waals surface area contributed by atoms with Crippen molar-refractivity contribution in [3.63, 3.8) is 0 Å². The fourth-order valence-corrected chi connectivity index (χ4v) is 2.26. The number of hydrogen-bond acceptors (Lipinski definition) is 4. The molecule has 0 unspecified atom stereocenters. The second kappa shape index (κ2) is 4.42. The van der Waals surface area contributed by atoms with Crippen LogP contribution in [-0.2, 0) is 4.74 Å². The van der Waals surface area contributed by atoms with E-state index in [1.54, 1.807) is 0 Å². The van der Waals surface area contributed by atoms with Crippen LogP contribution in [0.5, 0.6) is 0 Å². The Hall–Kier alpha value is -0.870. The highest BCUT2D eigenvalue weighted by Crippen LogP contribution is 2.30. The van der Waals surface area contributed by atoms with Crippen molar-refractivity contribution in [1.82, 2.24) is 9.97 Å². The number of aromatic nitrogens is 2. The molecule has 0 bridgehead atoms. The highest BCUT2D eigenvalue weighted by atomic mass is 35.5. The van der Waals surface area contributed by atoms with E-state index in [0.717, 1.165) is 23.8 Å². The fourth-order valence-electron chi connectivity index (χ4n) is 1.99. The SMILES string of the molecule is Cc1nc(Cl)c(N2CCOCC2(C)C)nc1C. The Morgan fingerprint density at radius 1 is 1.24 bits per heavy atom. The summed E-state index contributed by atoms with van der Waals surface area (Å²) in [6.07, 6.45) is 0. The largest absolute Gasteiger partial charge is 0.377 e. The van der Waals surface area contributed by atoms with Gasteiger partial charge in [-0.05, 0) is 27.7 Å². The van der Waals surface area contributed by atoms with E-state index in [0.29, 0.717) is 18.4 Å². The van der Waals surface area contributed by atoms with Gasteiger partial charge in [-0.3, -0.25) is 0 Å². The second-order valence-corrected chi connectivity index (χ2v) is 5.38. The molecule has 5 heteroatoms. The lowest BCUT2D eigenvalue weighted by Gasteiger charge is -2.43. The molecule has 1 fully saturated rings. The Bertz CT molecular complexity index is 434. The van der Waals surface area contributed by atoms with Crippen LogP contribution in [0.4, 0.5) is 5.82 Å². The third-order valence-corrected chi connectivity index (χ3v) is 3.40. The first-order valence-electron chi connectivity index (χ1n) is 5.78. The monoisotopic (exact) mass is 255 g/mol. The standard InChI is InChI=1S/C12H18ClN3O/c1-8-9(2)15-11(10(13)14-8)16-5-6-17-7-12(16,3)4/h5-7H2,1-4H3. The van der Waals surface area contributed by atoms with Crippen LogP contribution in [0.3, 0.4) is 0 Å². The minimum absolute atomic E-state index is 0.0989. The van der Waals surface area contributed by atoms with E-state index >= 15 is 0 Å². The molecule has 0 saturated carbocycles. The lowest BCUT2D eigenvalue weighted by Crippen LogP contribution is -2.53. The number of rotatable bonds is 1. The van der Waals surface area contributed by atoms with E-state index in [-0.39, 0.29) is 5.54 Å². The van der Waals surface area contributed by atoms with Crippen LogP contribution in [0.2, 0.25) is 5.15 Å². The number of aryl methyl sites for hydroxylation is 2. The Kier molecular flexibility index (Phi) is 3.27. The quantitative estimate of drug-likeness (QED) is 0.772. The van der Waals surface area contributed by atoms with Gasteiger partial charge in [0.15, 0.2) is 11.0 Å². The van der Waals surface area contributed by atoms with Crippen molar-refractivity contribution >= 4 is 17.4 Å². The molecule has 0 aliphatic carbocycles. The van der Waals surface area contributed by atoms with Crippen LogP contribution in [0, 0.1) is 13.8 Å². The van der Waals surface area contributed by atoms with E-state index in [1.807, 2.05) is 13.8 Å². The number of halogens is 1. The van der Waals surface area contributed by atoms with Crippen molar-refractivity contribution in [3.05, 3.63) is 16.5 Å². The van der Waals surface area contributed by atoms with Crippen LogP contribution in [0.1, 0.15) is 25.2 Å². The molecule has 17 heavy (non-hydrogen) atoms. The molecule has 4 nitrogen and oxygen atoms in total. The van der Waals surface area contributed by atoms with Crippen molar-refractivity contribution < 1.29 is 4.74 Å². The van der Waals surface area contributed by atoms with E-state index in [4.69, 9.17) is 16.3 Å². The Morgan fingerprint density at radius 2 is 1.88 bits per heavy atom. The van der Waals surface area contributed by atoms with Gasteiger partial charge in [-0.1, -0.05) is 11.6 Å². The van der Waals surface area contributed by atoms with E-state index in [1.165, 1.54) is 0 Å². The first-order chi connectivity index (χ1) is 7.92. The Labute approximate surface area is 107 Å². The summed E-state index contributed by atoms with van der Waals surface area (Å²) in [4.78, 5) is 11.1. The predicted octanol–water partition coefficient (Wildman–Crippen LogP) is 2.36. The molecule has 2 rings (SSSR count). The van der Waals surface area contributed by atoms with Gasteiger partial charge in [-0.2, -0.15) is 0 Å². The minimum Gasteiger partial charge on any atom is -0.377 e. The summed E-state index contributed by atoms with van der Waals surface area (Å²) in [5, 5.41) is 0.475. The normalized spacial score (nSPS) is 19.5. The number of ether oxygens (including phenoxy) is 1. The minimum atomic E-state index is -0.0989. The highest BCUT2D eigenvalue weighted by molar-refractivity contribution is 6.31. The molecule has 0 atom stereocenters. The molecule has 1 aromatic rings. The lowest BCUT2D eigenvalue weighted by atomic mass is 10.0. The van der Waals surface area contributed by atoms with Gasteiger partial charge in [-0.25, -0.2) is 9.97 Å². The Balaban J connectivity index is 2.42. The van der Waals surface area contributed by atoms with Gasteiger partial charge in [-0.15, -0.1) is 0 Å². The molecule has 1 saturated heterocycles. The number of hydrogen-bond donors (Lipinski definition) is 0. The average molecular weight is 256 g/mol. The smallest absolute Gasteiger partial charge is 0.171 e. The molecule has 1 aliphatic rings. The second-order valence-electron chi connectivity index (χ2n) is 5.03. The van der Waals surface area contributed by atoms with Crippen molar-refractivity contribution in [2.24, 2.45) is 0 Å². The maximum absolute atomic E-state index is 6.21. The van der Waals surface area contributed by atoms with Gasteiger partial charge in [0.25, 0.3) is 0 Å². The molecular formula is C12H18ClN3O. The van der Waals surface area contributed by atoms with Gasteiger partial charge < -0.3 is 9.64 Å². The summed E-state index contributed by atoms with van der Waals surface area (Å²) in [5.41, 5.74) is 1.70. The van der Waals surface area contributed by atoms with Crippen LogP contribution >= 0.6 is 11.6 Å². The van der Waals surface area contributed by atoms with Crippen molar-refractivity contribution in [3.8, 4) is 0 Å². The maximum Gasteiger partial charge on any atom is 0.171 e. The number of anilines is 1. The molecule has 0 spiro atoms. The van der Waals surface area contributed by atoms with Crippen molar-refractivity contribution in [2.75, 3.05) is 24.7 Å². The van der Waals surface area contributed by atoms with Crippen LogP contribution in [-0.4, -0.2) is 35.3 Å². The molecule has 1 aromatic heterocycles. The van der Waals surface area contributed by atoms with Crippen molar-refractivity contribution in [2.45, 2.75) is 33.2 Å². The van der Waals surface area contributed by atoms with Crippen LogP contribution in [0.15, 0.2) is 0 Å².